The molecule has 2 aliphatic rings. The highest BCUT2D eigenvalue weighted by Crippen LogP contribution is 2.34. The smallest absolute Gasteiger partial charge is 0.191 e. The molecular weight excluding hydrogens is 330 g/mol. The van der Waals surface area contributed by atoms with Crippen LogP contribution in [0.2, 0.25) is 0 Å². The molecule has 5 heteroatoms. The Morgan fingerprint density at radius 1 is 1.24 bits per heavy atom. The van der Waals surface area contributed by atoms with Gasteiger partial charge in [-0.1, -0.05) is 28.1 Å². The Labute approximate surface area is 134 Å². The molecule has 0 aromatic heterocycles. The van der Waals surface area contributed by atoms with E-state index in [0.717, 1.165) is 62.5 Å². The molecule has 1 fully saturated rings. The van der Waals surface area contributed by atoms with E-state index in [-0.39, 0.29) is 5.41 Å². The van der Waals surface area contributed by atoms with Crippen molar-refractivity contribution in [3.8, 4) is 0 Å². The molecular formula is C16H22BrN3O. The summed E-state index contributed by atoms with van der Waals surface area (Å²) < 4.78 is 6.70. The maximum absolute atomic E-state index is 5.58. The first kappa shape index (κ1) is 14.9. The largest absolute Gasteiger partial charge is 0.381 e. The molecule has 0 spiro atoms. The Bertz CT molecular complexity index is 495. The van der Waals surface area contributed by atoms with Crippen LogP contribution in [0.25, 0.3) is 0 Å². The van der Waals surface area contributed by atoms with Crippen LogP contribution in [0.1, 0.15) is 24.8 Å². The SMILES string of the molecule is Brc1ccc(C2(CNC3=NCCCN3)CCOCC2)cc1. The van der Waals surface area contributed by atoms with Crippen LogP contribution >= 0.6 is 15.9 Å². The highest BCUT2D eigenvalue weighted by atomic mass is 79.9. The summed E-state index contributed by atoms with van der Waals surface area (Å²) in [4.78, 5) is 4.51. The Morgan fingerprint density at radius 2 is 2.00 bits per heavy atom. The summed E-state index contributed by atoms with van der Waals surface area (Å²) in [7, 11) is 0. The first-order valence-electron chi connectivity index (χ1n) is 7.65. The van der Waals surface area contributed by atoms with Gasteiger partial charge < -0.3 is 15.4 Å². The standard InChI is InChI=1S/C16H22BrN3O/c17-14-4-2-13(3-5-14)16(6-10-21-11-7-16)12-20-15-18-8-1-9-19-15/h2-5H,1,6-12H2,(H2,18,19,20). The average molecular weight is 352 g/mol. The van der Waals surface area contributed by atoms with Gasteiger partial charge in [-0.15, -0.1) is 0 Å². The van der Waals surface area contributed by atoms with Crippen LogP contribution in [0, 0.1) is 0 Å². The number of halogens is 1. The molecule has 4 nitrogen and oxygen atoms in total. The zero-order chi connectivity index (χ0) is 14.5. The number of nitrogens with zero attached hydrogens (tertiary/aromatic N) is 1. The monoisotopic (exact) mass is 351 g/mol. The fraction of sp³-hybridized carbons (Fsp3) is 0.562. The lowest BCUT2D eigenvalue weighted by Gasteiger charge is -2.38. The summed E-state index contributed by atoms with van der Waals surface area (Å²) in [5, 5.41) is 6.85. The lowest BCUT2D eigenvalue weighted by molar-refractivity contribution is 0.0513. The summed E-state index contributed by atoms with van der Waals surface area (Å²) >= 11 is 3.52. The van der Waals surface area contributed by atoms with Crippen molar-refractivity contribution in [2.45, 2.75) is 24.7 Å². The first-order valence-corrected chi connectivity index (χ1v) is 8.44. The third-order valence-corrected chi connectivity index (χ3v) is 4.93. The number of rotatable bonds is 3. The van der Waals surface area contributed by atoms with Gasteiger partial charge >= 0.3 is 0 Å². The van der Waals surface area contributed by atoms with E-state index < -0.39 is 0 Å². The van der Waals surface area contributed by atoms with Gasteiger partial charge in [0.2, 0.25) is 0 Å². The second kappa shape index (κ2) is 6.79. The zero-order valence-electron chi connectivity index (χ0n) is 12.2. The van der Waals surface area contributed by atoms with Crippen LogP contribution in [0.4, 0.5) is 0 Å². The van der Waals surface area contributed by atoms with Gasteiger partial charge in [-0.3, -0.25) is 4.99 Å². The molecule has 114 valence electrons. The average Bonchev–Trinajstić information content (AvgIpc) is 2.55. The maximum atomic E-state index is 5.58. The summed E-state index contributed by atoms with van der Waals surface area (Å²) in [5.74, 6) is 0.948. The summed E-state index contributed by atoms with van der Waals surface area (Å²) in [6, 6.07) is 8.71. The van der Waals surface area contributed by atoms with Gasteiger partial charge in [0.15, 0.2) is 5.96 Å². The Kier molecular flexibility index (Phi) is 4.80. The van der Waals surface area contributed by atoms with E-state index in [2.05, 4.69) is 55.8 Å². The molecule has 2 N–H and O–H groups in total. The lowest BCUT2D eigenvalue weighted by atomic mass is 9.74. The minimum Gasteiger partial charge on any atom is -0.381 e. The highest BCUT2D eigenvalue weighted by molar-refractivity contribution is 9.10. The number of hydrogen-bond donors (Lipinski definition) is 2. The van der Waals surface area contributed by atoms with Crippen LogP contribution in [-0.2, 0) is 10.2 Å². The van der Waals surface area contributed by atoms with Crippen molar-refractivity contribution in [2.24, 2.45) is 4.99 Å². The second-order valence-electron chi connectivity index (χ2n) is 5.76. The molecule has 0 unspecified atom stereocenters. The van der Waals surface area contributed by atoms with Crippen molar-refractivity contribution < 1.29 is 4.74 Å². The van der Waals surface area contributed by atoms with E-state index in [9.17, 15) is 0 Å². The fourth-order valence-electron chi connectivity index (χ4n) is 3.04. The molecule has 1 aromatic rings. The molecule has 2 aliphatic heterocycles. The third kappa shape index (κ3) is 3.58. The first-order chi connectivity index (χ1) is 10.3. The van der Waals surface area contributed by atoms with Crippen LogP contribution in [0.3, 0.4) is 0 Å². The van der Waals surface area contributed by atoms with E-state index in [0.29, 0.717) is 0 Å². The van der Waals surface area contributed by atoms with Crippen molar-refractivity contribution in [2.75, 3.05) is 32.8 Å². The molecule has 0 aliphatic carbocycles. The van der Waals surface area contributed by atoms with E-state index in [1.807, 2.05) is 0 Å². The van der Waals surface area contributed by atoms with Crippen LogP contribution in [0.5, 0.6) is 0 Å². The number of aliphatic imine (C=N–C) groups is 1. The van der Waals surface area contributed by atoms with Gasteiger partial charge in [0.25, 0.3) is 0 Å². The minimum absolute atomic E-state index is 0.139. The minimum atomic E-state index is 0.139. The molecule has 2 heterocycles. The molecule has 0 bridgehead atoms. The predicted molar refractivity (Wildman–Crippen MR) is 88.8 cm³/mol. The molecule has 0 saturated carbocycles. The van der Waals surface area contributed by atoms with Crippen LogP contribution in [-0.4, -0.2) is 38.8 Å². The van der Waals surface area contributed by atoms with Gasteiger partial charge in [0, 0.05) is 42.7 Å². The summed E-state index contributed by atoms with van der Waals surface area (Å²) in [5.41, 5.74) is 1.53. The third-order valence-electron chi connectivity index (χ3n) is 4.40. The van der Waals surface area contributed by atoms with Crippen LogP contribution in [0.15, 0.2) is 33.7 Å². The van der Waals surface area contributed by atoms with Crippen molar-refractivity contribution in [1.82, 2.24) is 10.6 Å². The molecule has 0 amide bonds. The zero-order valence-corrected chi connectivity index (χ0v) is 13.8. The lowest BCUT2D eigenvalue weighted by Crippen LogP contribution is -2.49. The number of ether oxygens (including phenoxy) is 1. The number of guanidine groups is 1. The number of hydrogen-bond acceptors (Lipinski definition) is 4. The molecule has 1 saturated heterocycles. The second-order valence-corrected chi connectivity index (χ2v) is 6.68. The quantitative estimate of drug-likeness (QED) is 0.878. The number of benzene rings is 1. The highest BCUT2D eigenvalue weighted by Gasteiger charge is 2.34. The Hall–Kier alpha value is -1.07. The maximum Gasteiger partial charge on any atom is 0.191 e. The Morgan fingerprint density at radius 3 is 2.67 bits per heavy atom. The molecule has 3 rings (SSSR count). The fourth-order valence-corrected chi connectivity index (χ4v) is 3.30. The summed E-state index contributed by atoms with van der Waals surface area (Å²) in [6.45, 7) is 4.50. The Balaban J connectivity index is 1.76. The predicted octanol–water partition coefficient (Wildman–Crippen LogP) is 2.44. The van der Waals surface area contributed by atoms with Gasteiger partial charge in [-0.25, -0.2) is 0 Å². The van der Waals surface area contributed by atoms with Crippen molar-refractivity contribution in [3.63, 3.8) is 0 Å². The molecule has 0 atom stereocenters. The van der Waals surface area contributed by atoms with Gasteiger partial charge in [-0.2, -0.15) is 0 Å². The van der Waals surface area contributed by atoms with Crippen molar-refractivity contribution >= 4 is 21.9 Å². The van der Waals surface area contributed by atoms with E-state index in [1.54, 1.807) is 0 Å². The van der Waals surface area contributed by atoms with Gasteiger partial charge in [0.05, 0.1) is 0 Å². The van der Waals surface area contributed by atoms with Crippen LogP contribution < -0.4 is 10.6 Å². The van der Waals surface area contributed by atoms with E-state index in [1.165, 1.54) is 5.56 Å². The van der Waals surface area contributed by atoms with E-state index in [4.69, 9.17) is 4.74 Å². The molecule has 21 heavy (non-hydrogen) atoms. The van der Waals surface area contributed by atoms with Crippen molar-refractivity contribution in [3.05, 3.63) is 34.3 Å². The van der Waals surface area contributed by atoms with Gasteiger partial charge in [-0.05, 0) is 37.0 Å². The van der Waals surface area contributed by atoms with E-state index >= 15 is 0 Å². The summed E-state index contributed by atoms with van der Waals surface area (Å²) in [6.07, 6.45) is 3.22. The molecule has 1 aromatic carbocycles. The topological polar surface area (TPSA) is 45.7 Å². The number of nitrogens with one attached hydrogen (secondary N) is 2. The normalized spacial score (nSPS) is 21.3. The molecule has 0 radical (unpaired) electrons. The van der Waals surface area contributed by atoms with Gasteiger partial charge in [0.1, 0.15) is 0 Å². The van der Waals surface area contributed by atoms with Crippen molar-refractivity contribution in [1.29, 1.82) is 0 Å².